The molecule has 1 aromatic carbocycles. The van der Waals surface area contributed by atoms with Crippen LogP contribution in [0.1, 0.15) is 32.1 Å². The predicted octanol–water partition coefficient (Wildman–Crippen LogP) is 3.13. The highest BCUT2D eigenvalue weighted by Gasteiger charge is 2.48. The highest BCUT2D eigenvalue weighted by molar-refractivity contribution is 5.66. The number of hydrogen-bond donors (Lipinski definition) is 1. The number of fused-ring (bicyclic) bond motifs is 2. The van der Waals surface area contributed by atoms with Gasteiger partial charge < -0.3 is 19.3 Å². The van der Waals surface area contributed by atoms with Crippen LogP contribution in [0.25, 0.3) is 0 Å². The van der Waals surface area contributed by atoms with Gasteiger partial charge in [-0.1, -0.05) is 18.2 Å². The van der Waals surface area contributed by atoms with Gasteiger partial charge in [0.15, 0.2) is 0 Å². The SMILES string of the molecule is O=C(O)CCCOCC[C@H]1[C@@H](COc2ccccc2)[C@H]2CC[C@@H]1O2. The first-order chi connectivity index (χ1) is 11.7. The van der Waals surface area contributed by atoms with Gasteiger partial charge in [0.1, 0.15) is 5.75 Å². The molecule has 2 fully saturated rings. The van der Waals surface area contributed by atoms with Crippen LogP contribution >= 0.6 is 0 Å². The second-order valence-electron chi connectivity index (χ2n) is 6.64. The Labute approximate surface area is 142 Å². The van der Waals surface area contributed by atoms with E-state index >= 15 is 0 Å². The van der Waals surface area contributed by atoms with Crippen LogP contribution in [0.15, 0.2) is 30.3 Å². The lowest BCUT2D eigenvalue weighted by atomic mass is 9.78. The molecule has 4 atom stereocenters. The minimum atomic E-state index is -0.766. The highest BCUT2D eigenvalue weighted by Crippen LogP contribution is 2.45. The van der Waals surface area contributed by atoms with E-state index in [4.69, 9.17) is 19.3 Å². The molecule has 0 radical (unpaired) electrons. The molecule has 0 unspecified atom stereocenters. The number of carbonyl (C=O) groups is 1. The van der Waals surface area contributed by atoms with E-state index in [0.717, 1.165) is 25.0 Å². The number of para-hydroxylation sites is 1. The molecule has 132 valence electrons. The minimum Gasteiger partial charge on any atom is -0.493 e. The van der Waals surface area contributed by atoms with Crippen LogP contribution < -0.4 is 4.74 Å². The molecule has 0 aliphatic carbocycles. The van der Waals surface area contributed by atoms with Crippen LogP contribution in [0.3, 0.4) is 0 Å². The monoisotopic (exact) mass is 334 g/mol. The van der Waals surface area contributed by atoms with Crippen LogP contribution in [-0.2, 0) is 14.3 Å². The van der Waals surface area contributed by atoms with E-state index in [1.807, 2.05) is 30.3 Å². The largest absolute Gasteiger partial charge is 0.493 e. The van der Waals surface area contributed by atoms with Crippen molar-refractivity contribution in [2.45, 2.75) is 44.3 Å². The molecule has 0 saturated carbocycles. The second kappa shape index (κ2) is 8.49. The maximum absolute atomic E-state index is 10.5. The third-order valence-corrected chi connectivity index (χ3v) is 5.05. The molecular weight excluding hydrogens is 308 g/mol. The second-order valence-corrected chi connectivity index (χ2v) is 6.64. The van der Waals surface area contributed by atoms with Crippen molar-refractivity contribution in [2.24, 2.45) is 11.8 Å². The predicted molar refractivity (Wildman–Crippen MR) is 89.1 cm³/mol. The van der Waals surface area contributed by atoms with Gasteiger partial charge in [0, 0.05) is 25.6 Å². The molecule has 1 N–H and O–H groups in total. The lowest BCUT2D eigenvalue weighted by Gasteiger charge is -2.28. The van der Waals surface area contributed by atoms with Crippen LogP contribution in [-0.4, -0.2) is 43.1 Å². The van der Waals surface area contributed by atoms with Crippen molar-refractivity contribution < 1.29 is 24.1 Å². The zero-order chi connectivity index (χ0) is 16.8. The average molecular weight is 334 g/mol. The number of ether oxygens (including phenoxy) is 3. The molecule has 2 aliphatic rings. The third-order valence-electron chi connectivity index (χ3n) is 5.05. The Bertz CT molecular complexity index is 518. The first kappa shape index (κ1) is 17.2. The lowest BCUT2D eigenvalue weighted by molar-refractivity contribution is -0.137. The molecule has 5 heteroatoms. The smallest absolute Gasteiger partial charge is 0.303 e. The summed E-state index contributed by atoms with van der Waals surface area (Å²) in [4.78, 5) is 10.5. The number of carboxylic acids is 1. The van der Waals surface area contributed by atoms with Crippen molar-refractivity contribution in [1.82, 2.24) is 0 Å². The van der Waals surface area contributed by atoms with Crippen LogP contribution in [0, 0.1) is 11.8 Å². The summed E-state index contributed by atoms with van der Waals surface area (Å²) >= 11 is 0. The molecule has 2 aliphatic heterocycles. The summed E-state index contributed by atoms with van der Waals surface area (Å²) in [5, 5.41) is 8.62. The number of aliphatic carboxylic acids is 1. The summed E-state index contributed by atoms with van der Waals surface area (Å²) in [5.74, 6) is 1.04. The van der Waals surface area contributed by atoms with Crippen LogP contribution in [0.4, 0.5) is 0 Å². The molecule has 0 amide bonds. The van der Waals surface area contributed by atoms with Crippen molar-refractivity contribution in [3.8, 4) is 5.75 Å². The zero-order valence-electron chi connectivity index (χ0n) is 13.9. The number of hydrogen-bond acceptors (Lipinski definition) is 4. The Kier molecular flexibility index (Phi) is 6.10. The topological polar surface area (TPSA) is 65.0 Å². The summed E-state index contributed by atoms with van der Waals surface area (Å²) in [5.41, 5.74) is 0. The summed E-state index contributed by atoms with van der Waals surface area (Å²) < 4.78 is 17.6. The summed E-state index contributed by atoms with van der Waals surface area (Å²) in [6.45, 7) is 1.87. The number of rotatable bonds is 10. The maximum Gasteiger partial charge on any atom is 0.303 e. The van der Waals surface area contributed by atoms with Crippen molar-refractivity contribution in [3.63, 3.8) is 0 Å². The van der Waals surface area contributed by atoms with Gasteiger partial charge in [-0.25, -0.2) is 0 Å². The Hall–Kier alpha value is -1.59. The minimum absolute atomic E-state index is 0.171. The Morgan fingerprint density at radius 1 is 1.12 bits per heavy atom. The van der Waals surface area contributed by atoms with E-state index < -0.39 is 5.97 Å². The van der Waals surface area contributed by atoms with E-state index in [1.165, 1.54) is 0 Å². The van der Waals surface area contributed by atoms with Gasteiger partial charge in [0.25, 0.3) is 0 Å². The Morgan fingerprint density at radius 3 is 2.62 bits per heavy atom. The van der Waals surface area contributed by atoms with Crippen molar-refractivity contribution >= 4 is 5.97 Å². The van der Waals surface area contributed by atoms with E-state index in [9.17, 15) is 4.79 Å². The van der Waals surface area contributed by atoms with Crippen molar-refractivity contribution in [3.05, 3.63) is 30.3 Å². The fourth-order valence-corrected chi connectivity index (χ4v) is 3.86. The van der Waals surface area contributed by atoms with Crippen LogP contribution in [0.2, 0.25) is 0 Å². The summed E-state index contributed by atoms with van der Waals surface area (Å²) in [6, 6.07) is 9.91. The Morgan fingerprint density at radius 2 is 1.88 bits per heavy atom. The molecular formula is C19H26O5. The first-order valence-corrected chi connectivity index (χ1v) is 8.87. The van der Waals surface area contributed by atoms with E-state index in [0.29, 0.717) is 50.3 Å². The molecule has 24 heavy (non-hydrogen) atoms. The van der Waals surface area contributed by atoms with Gasteiger partial charge in [0.2, 0.25) is 0 Å². The summed E-state index contributed by atoms with van der Waals surface area (Å²) in [6.07, 6.45) is 4.61. The van der Waals surface area contributed by atoms with E-state index in [-0.39, 0.29) is 6.42 Å². The highest BCUT2D eigenvalue weighted by atomic mass is 16.5. The molecule has 2 heterocycles. The molecule has 1 aromatic rings. The maximum atomic E-state index is 10.5. The van der Waals surface area contributed by atoms with Crippen LogP contribution in [0.5, 0.6) is 5.75 Å². The fraction of sp³-hybridized carbons (Fsp3) is 0.632. The fourth-order valence-electron chi connectivity index (χ4n) is 3.86. The lowest BCUT2D eigenvalue weighted by Crippen LogP contribution is -2.32. The quantitative estimate of drug-likeness (QED) is 0.666. The molecule has 3 rings (SSSR count). The standard InChI is InChI=1S/C19H26O5/c20-19(21)7-4-11-22-12-10-15-16(18-9-8-17(15)24-18)13-23-14-5-2-1-3-6-14/h1-3,5-6,15-18H,4,7-13H2,(H,20,21)/t15-,16+,17-,18+/m0/s1. The molecule has 2 bridgehead atoms. The Balaban J connectivity index is 1.42. The van der Waals surface area contributed by atoms with Gasteiger partial charge in [-0.2, -0.15) is 0 Å². The van der Waals surface area contributed by atoms with Crippen molar-refractivity contribution in [1.29, 1.82) is 0 Å². The van der Waals surface area contributed by atoms with Gasteiger partial charge in [-0.3, -0.25) is 4.79 Å². The van der Waals surface area contributed by atoms with Gasteiger partial charge in [0.05, 0.1) is 18.8 Å². The molecule has 0 aromatic heterocycles. The van der Waals surface area contributed by atoms with Gasteiger partial charge in [-0.05, 0) is 43.7 Å². The van der Waals surface area contributed by atoms with E-state index in [1.54, 1.807) is 0 Å². The average Bonchev–Trinajstić information content (AvgIpc) is 3.18. The number of benzene rings is 1. The zero-order valence-corrected chi connectivity index (χ0v) is 13.9. The van der Waals surface area contributed by atoms with Gasteiger partial charge in [-0.15, -0.1) is 0 Å². The number of carboxylic acid groups (broad SMARTS) is 1. The molecule has 0 spiro atoms. The first-order valence-electron chi connectivity index (χ1n) is 8.87. The third kappa shape index (κ3) is 4.48. The normalized spacial score (nSPS) is 28.2. The molecule has 2 saturated heterocycles. The van der Waals surface area contributed by atoms with Crippen molar-refractivity contribution in [2.75, 3.05) is 19.8 Å². The summed E-state index contributed by atoms with van der Waals surface area (Å²) in [7, 11) is 0. The molecule has 5 nitrogen and oxygen atoms in total. The van der Waals surface area contributed by atoms with Gasteiger partial charge >= 0.3 is 5.97 Å². The van der Waals surface area contributed by atoms with E-state index in [2.05, 4.69) is 0 Å².